The van der Waals surface area contributed by atoms with Crippen molar-refractivity contribution in [3.05, 3.63) is 29.8 Å². The third-order valence-electron chi connectivity index (χ3n) is 2.94. The number of nitrogens with zero attached hydrogens (tertiary/aromatic N) is 2. The lowest BCUT2D eigenvalue weighted by atomic mass is 10.2. The number of aliphatic imine (C=N–C) groups is 1. The molecule has 19 heavy (non-hydrogen) atoms. The molecule has 3 N–H and O–H groups in total. The van der Waals surface area contributed by atoms with Crippen molar-refractivity contribution in [2.24, 2.45) is 10.7 Å². The lowest BCUT2D eigenvalue weighted by molar-refractivity contribution is 0.768. The van der Waals surface area contributed by atoms with Crippen molar-refractivity contribution >= 4 is 11.6 Å². The number of hydrogen-bond acceptors (Lipinski definition) is 2. The van der Waals surface area contributed by atoms with Gasteiger partial charge in [-0.1, -0.05) is 19.1 Å². The van der Waals surface area contributed by atoms with E-state index in [1.807, 2.05) is 0 Å². The van der Waals surface area contributed by atoms with Crippen LogP contribution in [0.2, 0.25) is 0 Å². The van der Waals surface area contributed by atoms with E-state index in [1.54, 1.807) is 0 Å². The first-order valence-electron chi connectivity index (χ1n) is 7.02. The summed E-state index contributed by atoms with van der Waals surface area (Å²) in [6.45, 7) is 9.86. The van der Waals surface area contributed by atoms with Crippen LogP contribution in [0.3, 0.4) is 0 Å². The van der Waals surface area contributed by atoms with E-state index in [2.05, 4.69) is 60.2 Å². The van der Waals surface area contributed by atoms with E-state index in [0.717, 1.165) is 32.6 Å². The average Bonchev–Trinajstić information content (AvgIpc) is 2.41. The number of anilines is 1. The van der Waals surface area contributed by atoms with E-state index in [-0.39, 0.29) is 0 Å². The molecule has 0 saturated carbocycles. The summed E-state index contributed by atoms with van der Waals surface area (Å²) in [4.78, 5) is 6.54. The normalized spacial score (nSPS) is 11.4. The molecule has 4 nitrogen and oxygen atoms in total. The predicted molar refractivity (Wildman–Crippen MR) is 83.8 cm³/mol. The molecule has 0 heterocycles. The van der Waals surface area contributed by atoms with E-state index in [1.165, 1.54) is 11.3 Å². The van der Waals surface area contributed by atoms with Crippen LogP contribution in [0.15, 0.2) is 29.3 Å². The second-order valence-electron chi connectivity index (χ2n) is 4.61. The van der Waals surface area contributed by atoms with Gasteiger partial charge in [0.25, 0.3) is 0 Å². The first-order valence-corrected chi connectivity index (χ1v) is 7.02. The number of likely N-dealkylation sites (N-methyl/N-ethyl adjacent to an activating group) is 1. The van der Waals surface area contributed by atoms with Gasteiger partial charge in [-0.05, 0) is 38.0 Å². The minimum absolute atomic E-state index is 0.544. The maximum absolute atomic E-state index is 5.77. The molecular weight excluding hydrogens is 236 g/mol. The van der Waals surface area contributed by atoms with Gasteiger partial charge in [0.2, 0.25) is 0 Å². The highest BCUT2D eigenvalue weighted by atomic mass is 15.2. The fraction of sp³-hybridized carbons (Fsp3) is 0.533. The quantitative estimate of drug-likeness (QED) is 0.585. The average molecular weight is 262 g/mol. The van der Waals surface area contributed by atoms with Crippen LogP contribution in [0.1, 0.15) is 25.8 Å². The summed E-state index contributed by atoms with van der Waals surface area (Å²) in [5, 5.41) is 3.15. The standard InChI is InChI=1S/C15H26N4/c1-4-9-17-15(16)18-10-11-19(5-2)14-8-6-7-13(3)12-14/h6-8,12H,4-5,9-11H2,1-3H3,(H3,16,17,18). The van der Waals surface area contributed by atoms with E-state index < -0.39 is 0 Å². The first-order chi connectivity index (χ1) is 9.17. The smallest absolute Gasteiger partial charge is 0.188 e. The first kappa shape index (κ1) is 15.3. The summed E-state index contributed by atoms with van der Waals surface area (Å²) < 4.78 is 0. The molecule has 0 amide bonds. The van der Waals surface area contributed by atoms with Crippen LogP contribution in [0.25, 0.3) is 0 Å². The molecule has 0 unspecified atom stereocenters. The zero-order valence-electron chi connectivity index (χ0n) is 12.3. The molecule has 0 fully saturated rings. The Kier molecular flexibility index (Phi) is 6.79. The van der Waals surface area contributed by atoms with Crippen LogP contribution in [-0.2, 0) is 0 Å². The van der Waals surface area contributed by atoms with E-state index in [9.17, 15) is 0 Å². The largest absolute Gasteiger partial charge is 0.370 e. The van der Waals surface area contributed by atoms with Crippen molar-refractivity contribution in [2.45, 2.75) is 27.2 Å². The van der Waals surface area contributed by atoms with Gasteiger partial charge in [0, 0.05) is 31.9 Å². The lowest BCUT2D eigenvalue weighted by Gasteiger charge is -2.23. The minimum Gasteiger partial charge on any atom is -0.370 e. The van der Waals surface area contributed by atoms with Crippen LogP contribution in [-0.4, -0.2) is 32.1 Å². The van der Waals surface area contributed by atoms with Gasteiger partial charge >= 0.3 is 0 Å². The predicted octanol–water partition coefficient (Wildman–Crippen LogP) is 2.14. The third kappa shape index (κ3) is 5.64. The summed E-state index contributed by atoms with van der Waals surface area (Å²) in [5.74, 6) is 0.544. The number of nitrogens with one attached hydrogen (secondary N) is 1. The minimum atomic E-state index is 0.544. The number of aryl methyl sites for hydroxylation is 1. The third-order valence-corrected chi connectivity index (χ3v) is 2.94. The summed E-state index contributed by atoms with van der Waals surface area (Å²) in [5.41, 5.74) is 8.31. The summed E-state index contributed by atoms with van der Waals surface area (Å²) in [6, 6.07) is 8.56. The van der Waals surface area contributed by atoms with E-state index in [4.69, 9.17) is 5.73 Å². The monoisotopic (exact) mass is 262 g/mol. The van der Waals surface area contributed by atoms with Crippen molar-refractivity contribution in [1.82, 2.24) is 5.32 Å². The molecule has 0 bridgehead atoms. The second kappa shape index (κ2) is 8.40. The number of guanidine groups is 1. The molecule has 0 aliphatic heterocycles. The van der Waals surface area contributed by atoms with Gasteiger partial charge in [-0.2, -0.15) is 0 Å². The highest BCUT2D eigenvalue weighted by molar-refractivity contribution is 5.77. The summed E-state index contributed by atoms with van der Waals surface area (Å²) in [6.07, 6.45) is 1.02. The highest BCUT2D eigenvalue weighted by Crippen LogP contribution is 2.14. The molecule has 0 aromatic heterocycles. The zero-order valence-corrected chi connectivity index (χ0v) is 12.3. The van der Waals surface area contributed by atoms with Crippen LogP contribution >= 0.6 is 0 Å². The van der Waals surface area contributed by atoms with Crippen LogP contribution in [0, 0.1) is 6.92 Å². The van der Waals surface area contributed by atoms with E-state index in [0.29, 0.717) is 5.96 Å². The Morgan fingerprint density at radius 3 is 2.79 bits per heavy atom. The summed E-state index contributed by atoms with van der Waals surface area (Å²) in [7, 11) is 0. The molecule has 0 radical (unpaired) electrons. The van der Waals surface area contributed by atoms with Crippen molar-refractivity contribution in [1.29, 1.82) is 0 Å². The van der Waals surface area contributed by atoms with Gasteiger partial charge in [-0.15, -0.1) is 0 Å². The van der Waals surface area contributed by atoms with Gasteiger partial charge in [-0.25, -0.2) is 0 Å². The van der Waals surface area contributed by atoms with Gasteiger partial charge in [0.1, 0.15) is 0 Å². The number of benzene rings is 1. The van der Waals surface area contributed by atoms with Crippen LogP contribution in [0.5, 0.6) is 0 Å². The Hall–Kier alpha value is -1.71. The highest BCUT2D eigenvalue weighted by Gasteiger charge is 2.03. The topological polar surface area (TPSA) is 53.6 Å². The maximum Gasteiger partial charge on any atom is 0.188 e. The van der Waals surface area contributed by atoms with E-state index >= 15 is 0 Å². The number of hydrogen-bond donors (Lipinski definition) is 2. The van der Waals surface area contributed by atoms with Crippen molar-refractivity contribution in [3.63, 3.8) is 0 Å². The Morgan fingerprint density at radius 1 is 1.37 bits per heavy atom. The Bertz CT molecular complexity index is 401. The van der Waals surface area contributed by atoms with Crippen molar-refractivity contribution in [3.8, 4) is 0 Å². The second-order valence-corrected chi connectivity index (χ2v) is 4.61. The molecule has 0 saturated heterocycles. The SMILES string of the molecule is CCCN=C(N)NCCN(CC)c1cccc(C)c1. The fourth-order valence-corrected chi connectivity index (χ4v) is 1.90. The van der Waals surface area contributed by atoms with Gasteiger partial charge in [0.15, 0.2) is 5.96 Å². The molecule has 0 spiro atoms. The Labute approximate surface area is 116 Å². The van der Waals surface area contributed by atoms with Crippen molar-refractivity contribution in [2.75, 3.05) is 31.1 Å². The lowest BCUT2D eigenvalue weighted by Crippen LogP contribution is -2.38. The Morgan fingerprint density at radius 2 is 2.16 bits per heavy atom. The zero-order chi connectivity index (χ0) is 14.1. The van der Waals surface area contributed by atoms with Gasteiger partial charge < -0.3 is 16.0 Å². The fourth-order valence-electron chi connectivity index (χ4n) is 1.90. The summed E-state index contributed by atoms with van der Waals surface area (Å²) >= 11 is 0. The molecule has 106 valence electrons. The van der Waals surface area contributed by atoms with Gasteiger partial charge in [0.05, 0.1) is 0 Å². The molecule has 0 atom stereocenters. The molecule has 0 aliphatic rings. The van der Waals surface area contributed by atoms with Gasteiger partial charge in [-0.3, -0.25) is 4.99 Å². The molecular formula is C15H26N4. The number of rotatable bonds is 7. The number of nitrogens with two attached hydrogens (primary N) is 1. The molecule has 1 rings (SSSR count). The molecule has 1 aromatic rings. The van der Waals surface area contributed by atoms with Crippen LogP contribution < -0.4 is 16.0 Å². The Balaban J connectivity index is 2.45. The van der Waals surface area contributed by atoms with Crippen LogP contribution in [0.4, 0.5) is 5.69 Å². The molecule has 1 aromatic carbocycles. The van der Waals surface area contributed by atoms with Crippen molar-refractivity contribution < 1.29 is 0 Å². The maximum atomic E-state index is 5.77. The molecule has 4 heteroatoms. The molecule has 0 aliphatic carbocycles.